The average Bonchev–Trinajstić information content (AvgIpc) is 3.15. The first kappa shape index (κ1) is 23.1. The number of alkyl halides is 2. The number of amides is 1. The van der Waals surface area contributed by atoms with Crippen LogP contribution in [0, 0.1) is 0 Å². The van der Waals surface area contributed by atoms with E-state index in [4.69, 9.17) is 5.73 Å². The van der Waals surface area contributed by atoms with Gasteiger partial charge >= 0.3 is 6.61 Å². The molecule has 3 heterocycles. The van der Waals surface area contributed by atoms with E-state index in [2.05, 4.69) is 25.0 Å². The molecule has 0 bridgehead atoms. The minimum Gasteiger partial charge on any atom is -0.433 e. The van der Waals surface area contributed by atoms with E-state index in [1.54, 1.807) is 26.2 Å². The number of anilines is 1. The molecule has 10 nitrogen and oxygen atoms in total. The summed E-state index contributed by atoms with van der Waals surface area (Å²) in [7, 11) is -1.88. The Hall–Kier alpha value is -2.55. The lowest BCUT2D eigenvalue weighted by Crippen LogP contribution is -2.58. The number of nitrogens with two attached hydrogens (primary N) is 1. The minimum atomic E-state index is -3.33. The number of guanidine groups is 1. The maximum atomic E-state index is 12.4. The fourth-order valence-electron chi connectivity index (χ4n) is 2.90. The van der Waals surface area contributed by atoms with Crippen LogP contribution in [-0.2, 0) is 5.54 Å². The molecular formula is C17H22F2N6O4S2. The lowest BCUT2D eigenvalue weighted by molar-refractivity contribution is -0.0500. The molecule has 31 heavy (non-hydrogen) atoms. The summed E-state index contributed by atoms with van der Waals surface area (Å²) in [5.74, 6) is -0.631. The predicted octanol–water partition coefficient (Wildman–Crippen LogP) is 3.31. The Bertz CT molecular complexity index is 1010. The zero-order valence-electron chi connectivity index (χ0n) is 17.0. The van der Waals surface area contributed by atoms with Crippen molar-refractivity contribution in [2.24, 2.45) is 10.7 Å². The Kier molecular flexibility index (Phi) is 5.86. The molecule has 0 spiro atoms. The second-order valence-electron chi connectivity index (χ2n) is 7.32. The van der Waals surface area contributed by atoms with Crippen LogP contribution >= 0.6 is 22.1 Å². The van der Waals surface area contributed by atoms with Crippen LogP contribution < -0.4 is 15.8 Å². The molecule has 1 amide bonds. The average molecular weight is 477 g/mol. The SMILES string of the molecule is CN1C(N)=N[C@@](C)(c2nc(NC(=O)c3ccc(OC(F)F)cn3)cs2)C(C)(C)S1(O)O. The molecule has 0 saturated carbocycles. The van der Waals surface area contributed by atoms with Gasteiger partial charge in [0, 0.05) is 12.4 Å². The third-order valence-electron chi connectivity index (χ3n) is 5.26. The second kappa shape index (κ2) is 7.85. The largest absolute Gasteiger partial charge is 0.433 e. The Morgan fingerprint density at radius 2 is 2.03 bits per heavy atom. The Labute approximate surface area is 182 Å². The maximum absolute atomic E-state index is 12.4. The van der Waals surface area contributed by atoms with Crippen LogP contribution in [0.5, 0.6) is 5.75 Å². The van der Waals surface area contributed by atoms with E-state index in [1.807, 2.05) is 0 Å². The van der Waals surface area contributed by atoms with E-state index in [-0.39, 0.29) is 23.2 Å². The van der Waals surface area contributed by atoms with E-state index >= 15 is 0 Å². The summed E-state index contributed by atoms with van der Waals surface area (Å²) in [4.78, 5) is 25.1. The molecule has 1 aliphatic heterocycles. The normalized spacial score (nSPS) is 23.3. The highest BCUT2D eigenvalue weighted by molar-refractivity contribution is 8.23. The van der Waals surface area contributed by atoms with Crippen LogP contribution in [0.1, 0.15) is 36.3 Å². The van der Waals surface area contributed by atoms with Crippen molar-refractivity contribution in [3.05, 3.63) is 34.4 Å². The van der Waals surface area contributed by atoms with Crippen LogP contribution in [0.2, 0.25) is 0 Å². The number of carbonyl (C=O) groups is 1. The third kappa shape index (κ3) is 3.91. The van der Waals surface area contributed by atoms with Crippen molar-refractivity contribution >= 4 is 39.8 Å². The molecule has 0 saturated heterocycles. The van der Waals surface area contributed by atoms with Crippen LogP contribution in [0.3, 0.4) is 0 Å². The minimum absolute atomic E-state index is 0.0292. The number of aliphatic imine (C=N–C) groups is 1. The van der Waals surface area contributed by atoms with Crippen molar-refractivity contribution in [2.75, 3.05) is 12.4 Å². The molecule has 14 heteroatoms. The van der Waals surface area contributed by atoms with E-state index in [0.29, 0.717) is 5.01 Å². The van der Waals surface area contributed by atoms with Crippen molar-refractivity contribution in [1.29, 1.82) is 0 Å². The number of carbonyl (C=O) groups excluding carboxylic acids is 1. The number of aromatic nitrogens is 2. The van der Waals surface area contributed by atoms with Gasteiger partial charge in [-0.3, -0.25) is 13.9 Å². The Balaban J connectivity index is 1.83. The van der Waals surface area contributed by atoms with E-state index in [1.165, 1.54) is 30.5 Å². The smallest absolute Gasteiger partial charge is 0.387 e. The molecule has 3 rings (SSSR count). The fourth-order valence-corrected chi connectivity index (χ4v) is 5.64. The number of rotatable bonds is 5. The molecule has 0 unspecified atom stereocenters. The molecule has 0 radical (unpaired) electrons. The summed E-state index contributed by atoms with van der Waals surface area (Å²) in [5.41, 5.74) is 4.70. The molecule has 1 aliphatic rings. The molecule has 5 N–H and O–H groups in total. The van der Waals surface area contributed by atoms with Crippen LogP contribution in [-0.4, -0.2) is 53.7 Å². The van der Waals surface area contributed by atoms with E-state index in [9.17, 15) is 22.7 Å². The molecule has 170 valence electrons. The topological polar surface area (TPSA) is 146 Å². The Morgan fingerprint density at radius 1 is 1.35 bits per heavy atom. The molecule has 1 atom stereocenters. The van der Waals surface area contributed by atoms with Gasteiger partial charge in [-0.15, -0.1) is 22.1 Å². The van der Waals surface area contributed by atoms with Gasteiger partial charge in [0.2, 0.25) is 5.96 Å². The highest BCUT2D eigenvalue weighted by Gasteiger charge is 2.58. The van der Waals surface area contributed by atoms with E-state index < -0.39 is 33.6 Å². The number of thiazole rings is 1. The number of halogens is 2. The Morgan fingerprint density at radius 3 is 2.61 bits per heavy atom. The number of ether oxygens (including phenoxy) is 1. The van der Waals surface area contributed by atoms with E-state index in [0.717, 1.165) is 10.5 Å². The number of hydrogen-bond acceptors (Lipinski definition) is 10. The number of pyridine rings is 1. The highest BCUT2D eigenvalue weighted by Crippen LogP contribution is 2.64. The fraction of sp³-hybridized carbons (Fsp3) is 0.412. The highest BCUT2D eigenvalue weighted by atomic mass is 32.3. The van der Waals surface area contributed by atoms with Gasteiger partial charge in [0.15, 0.2) is 0 Å². The maximum Gasteiger partial charge on any atom is 0.387 e. The second-order valence-corrected chi connectivity index (χ2v) is 10.8. The number of nitrogens with one attached hydrogen (secondary N) is 1. The van der Waals surface area contributed by atoms with Crippen molar-refractivity contribution in [3.8, 4) is 5.75 Å². The van der Waals surface area contributed by atoms with Gasteiger partial charge in [0.05, 0.1) is 6.20 Å². The van der Waals surface area contributed by atoms with Gasteiger partial charge in [0.1, 0.15) is 32.6 Å². The van der Waals surface area contributed by atoms with Crippen molar-refractivity contribution in [3.63, 3.8) is 0 Å². The van der Waals surface area contributed by atoms with Gasteiger partial charge in [-0.05, 0) is 32.9 Å². The summed E-state index contributed by atoms with van der Waals surface area (Å²) in [6.07, 6.45) is 1.01. The van der Waals surface area contributed by atoms with Crippen LogP contribution in [0.25, 0.3) is 0 Å². The molecule has 0 fully saturated rings. The summed E-state index contributed by atoms with van der Waals surface area (Å²) in [5, 5.41) is 4.55. The zero-order valence-corrected chi connectivity index (χ0v) is 18.7. The summed E-state index contributed by atoms with van der Waals surface area (Å²) in [6, 6.07) is 2.44. The van der Waals surface area contributed by atoms with Crippen LogP contribution in [0.4, 0.5) is 14.6 Å². The lowest BCUT2D eigenvalue weighted by Gasteiger charge is -2.59. The monoisotopic (exact) mass is 476 g/mol. The number of nitrogens with zero attached hydrogens (tertiary/aromatic N) is 4. The number of hydrogen-bond donors (Lipinski definition) is 4. The standard InChI is InChI=1S/C17H22F2N6O4S2/c1-16(2)17(3,24-15(20)25(4)31(16,27)28)13-23-11(8-30-13)22-12(26)10-6-5-9(7-21-10)29-14(18)19/h5-8,14,27-28H,1-4H3,(H2,20,24)(H,22,26)/t17-/m0/s1. The van der Waals surface area contributed by atoms with Gasteiger partial charge in [-0.25, -0.2) is 19.3 Å². The third-order valence-corrected chi connectivity index (χ3v) is 9.03. The molecule has 0 aromatic carbocycles. The molecule has 2 aromatic heterocycles. The van der Waals surface area contributed by atoms with Crippen LogP contribution in [0.15, 0.2) is 28.7 Å². The lowest BCUT2D eigenvalue weighted by atomic mass is 9.88. The first-order valence-electron chi connectivity index (χ1n) is 8.85. The molecule has 2 aromatic rings. The van der Waals surface area contributed by atoms with Crippen molar-refractivity contribution < 1.29 is 27.4 Å². The quantitative estimate of drug-likeness (QED) is 0.514. The summed E-state index contributed by atoms with van der Waals surface area (Å²) < 4.78 is 50.2. The summed E-state index contributed by atoms with van der Waals surface area (Å²) in [6.45, 7) is 2.01. The molecule has 0 aliphatic carbocycles. The van der Waals surface area contributed by atoms with Gasteiger partial charge in [0.25, 0.3) is 5.91 Å². The van der Waals surface area contributed by atoms with Crippen molar-refractivity contribution in [2.45, 2.75) is 37.7 Å². The van der Waals surface area contributed by atoms with Gasteiger partial charge < -0.3 is 15.8 Å². The zero-order chi connectivity index (χ0) is 23.2. The van der Waals surface area contributed by atoms with Crippen molar-refractivity contribution in [1.82, 2.24) is 14.3 Å². The van der Waals surface area contributed by atoms with Gasteiger partial charge in [-0.1, -0.05) is 0 Å². The molecular weight excluding hydrogens is 454 g/mol. The van der Waals surface area contributed by atoms with Gasteiger partial charge in [-0.2, -0.15) is 8.78 Å². The summed E-state index contributed by atoms with van der Waals surface area (Å²) >= 11 is 1.17. The first-order chi connectivity index (χ1) is 14.3. The predicted molar refractivity (Wildman–Crippen MR) is 115 cm³/mol. The first-order valence-corrected chi connectivity index (χ1v) is 11.2.